The Labute approximate surface area is 102 Å². The minimum Gasteiger partial charge on any atom is -0.383 e. The molecule has 0 amide bonds. The van der Waals surface area contributed by atoms with E-state index in [9.17, 15) is 4.39 Å². The van der Waals surface area contributed by atoms with Crippen molar-refractivity contribution >= 4 is 27.8 Å². The molecular formula is C12H10FN5. The highest BCUT2D eigenvalue weighted by Gasteiger charge is 2.09. The third-order valence-corrected chi connectivity index (χ3v) is 2.72. The highest BCUT2D eigenvalue weighted by molar-refractivity contribution is 5.95. The molecule has 0 aliphatic rings. The van der Waals surface area contributed by atoms with Gasteiger partial charge >= 0.3 is 0 Å². The smallest absolute Gasteiger partial charge is 0.165 e. The lowest BCUT2D eigenvalue weighted by Gasteiger charge is -2.05. The first-order valence-corrected chi connectivity index (χ1v) is 5.40. The maximum absolute atomic E-state index is 13.6. The molecule has 0 bridgehead atoms. The van der Waals surface area contributed by atoms with Crippen LogP contribution in [0.15, 0.2) is 24.3 Å². The average molecular weight is 243 g/mol. The molecule has 0 saturated heterocycles. The van der Waals surface area contributed by atoms with E-state index in [0.717, 1.165) is 0 Å². The second-order valence-electron chi connectivity index (χ2n) is 3.90. The molecule has 90 valence electrons. The summed E-state index contributed by atoms with van der Waals surface area (Å²) in [6.07, 6.45) is 0. The number of hydrogen-bond acceptors (Lipinski definition) is 5. The van der Waals surface area contributed by atoms with Crippen molar-refractivity contribution in [1.82, 2.24) is 15.0 Å². The second kappa shape index (κ2) is 3.85. The van der Waals surface area contributed by atoms with Gasteiger partial charge < -0.3 is 11.5 Å². The largest absolute Gasteiger partial charge is 0.383 e. The molecule has 2 aromatic heterocycles. The van der Waals surface area contributed by atoms with E-state index in [-0.39, 0.29) is 17.9 Å². The Hall–Kier alpha value is -2.34. The molecule has 1 aromatic carbocycles. The number of aromatic nitrogens is 3. The minimum absolute atomic E-state index is 0.164. The van der Waals surface area contributed by atoms with Gasteiger partial charge in [-0.2, -0.15) is 0 Å². The van der Waals surface area contributed by atoms with Gasteiger partial charge in [-0.05, 0) is 12.1 Å². The summed E-state index contributed by atoms with van der Waals surface area (Å²) in [5, 5.41) is 1.27. The summed E-state index contributed by atoms with van der Waals surface area (Å²) in [5.74, 6) is 0.309. The van der Waals surface area contributed by atoms with Crippen LogP contribution in [0.25, 0.3) is 21.9 Å². The molecule has 4 N–H and O–H groups in total. The molecule has 3 aromatic rings. The molecule has 0 radical (unpaired) electrons. The van der Waals surface area contributed by atoms with Crippen molar-refractivity contribution in [2.45, 2.75) is 6.54 Å². The van der Waals surface area contributed by atoms with Gasteiger partial charge in [0, 0.05) is 5.39 Å². The molecule has 3 rings (SSSR count). The molecule has 0 aliphatic carbocycles. The van der Waals surface area contributed by atoms with Gasteiger partial charge in [0.05, 0.1) is 11.9 Å². The van der Waals surface area contributed by atoms with E-state index in [0.29, 0.717) is 28.1 Å². The number of pyridine rings is 1. The van der Waals surface area contributed by atoms with Crippen LogP contribution in [0.3, 0.4) is 0 Å². The number of para-hydroxylation sites is 1. The topological polar surface area (TPSA) is 90.7 Å². The fourth-order valence-electron chi connectivity index (χ4n) is 1.86. The van der Waals surface area contributed by atoms with Gasteiger partial charge in [-0.3, -0.25) is 0 Å². The minimum atomic E-state index is -0.388. The molecule has 0 atom stereocenters. The van der Waals surface area contributed by atoms with Crippen LogP contribution in [0, 0.1) is 5.82 Å². The summed E-state index contributed by atoms with van der Waals surface area (Å²) in [7, 11) is 0. The molecule has 0 spiro atoms. The lowest BCUT2D eigenvalue weighted by Crippen LogP contribution is -2.07. The Morgan fingerprint density at radius 2 is 2.00 bits per heavy atom. The number of anilines is 1. The number of nitrogen functional groups attached to an aromatic ring is 1. The van der Waals surface area contributed by atoms with E-state index in [1.165, 1.54) is 6.07 Å². The Kier molecular flexibility index (Phi) is 2.31. The molecule has 18 heavy (non-hydrogen) atoms. The zero-order chi connectivity index (χ0) is 12.7. The van der Waals surface area contributed by atoms with Crippen LogP contribution >= 0.6 is 0 Å². The van der Waals surface area contributed by atoms with Gasteiger partial charge in [0.1, 0.15) is 23.0 Å². The molecular weight excluding hydrogens is 233 g/mol. The normalized spacial score (nSPS) is 11.2. The zero-order valence-electron chi connectivity index (χ0n) is 9.39. The van der Waals surface area contributed by atoms with Crippen LogP contribution < -0.4 is 11.5 Å². The first-order valence-electron chi connectivity index (χ1n) is 5.40. The van der Waals surface area contributed by atoms with Crippen molar-refractivity contribution in [3.63, 3.8) is 0 Å². The number of halogens is 1. The van der Waals surface area contributed by atoms with E-state index in [4.69, 9.17) is 11.5 Å². The second-order valence-corrected chi connectivity index (χ2v) is 3.90. The van der Waals surface area contributed by atoms with Crippen LogP contribution in [0.2, 0.25) is 0 Å². The van der Waals surface area contributed by atoms with E-state index >= 15 is 0 Å². The highest BCUT2D eigenvalue weighted by atomic mass is 19.1. The van der Waals surface area contributed by atoms with E-state index in [1.807, 2.05) is 0 Å². The summed E-state index contributed by atoms with van der Waals surface area (Å²) in [6.45, 7) is 0.164. The van der Waals surface area contributed by atoms with Crippen LogP contribution in [0.5, 0.6) is 0 Å². The molecule has 5 nitrogen and oxygen atoms in total. The Morgan fingerprint density at radius 3 is 2.78 bits per heavy atom. The van der Waals surface area contributed by atoms with Crippen LogP contribution in [-0.2, 0) is 6.54 Å². The van der Waals surface area contributed by atoms with E-state index < -0.39 is 0 Å². The van der Waals surface area contributed by atoms with Crippen molar-refractivity contribution in [2.75, 3.05) is 5.73 Å². The number of nitrogens with two attached hydrogens (primary N) is 2. The van der Waals surface area contributed by atoms with Gasteiger partial charge in [0.2, 0.25) is 0 Å². The van der Waals surface area contributed by atoms with Crippen molar-refractivity contribution in [3.05, 3.63) is 35.9 Å². The summed E-state index contributed by atoms with van der Waals surface area (Å²) in [4.78, 5) is 12.4. The monoisotopic (exact) mass is 243 g/mol. The predicted octanol–water partition coefficient (Wildman–Crippen LogP) is 1.36. The van der Waals surface area contributed by atoms with Gasteiger partial charge in [0.15, 0.2) is 5.65 Å². The first kappa shape index (κ1) is 10.8. The Morgan fingerprint density at radius 1 is 1.17 bits per heavy atom. The number of fused-ring (bicyclic) bond motifs is 2. The van der Waals surface area contributed by atoms with Crippen molar-refractivity contribution in [3.8, 4) is 0 Å². The van der Waals surface area contributed by atoms with Gasteiger partial charge in [-0.25, -0.2) is 19.3 Å². The van der Waals surface area contributed by atoms with Gasteiger partial charge in [-0.1, -0.05) is 12.1 Å². The third-order valence-electron chi connectivity index (χ3n) is 2.72. The van der Waals surface area contributed by atoms with Crippen LogP contribution in [0.1, 0.15) is 5.82 Å². The number of benzene rings is 1. The first-order chi connectivity index (χ1) is 8.69. The third kappa shape index (κ3) is 1.54. The summed E-state index contributed by atoms with van der Waals surface area (Å²) in [5.41, 5.74) is 11.9. The summed E-state index contributed by atoms with van der Waals surface area (Å²) < 4.78 is 13.6. The molecule has 0 saturated carbocycles. The van der Waals surface area contributed by atoms with Crippen molar-refractivity contribution in [2.24, 2.45) is 5.73 Å². The average Bonchev–Trinajstić information content (AvgIpc) is 2.38. The fraction of sp³-hybridized carbons (Fsp3) is 0.0833. The van der Waals surface area contributed by atoms with Crippen LogP contribution in [-0.4, -0.2) is 15.0 Å². The predicted molar refractivity (Wildman–Crippen MR) is 67.1 cm³/mol. The molecule has 6 heteroatoms. The SMILES string of the molecule is NCc1nc(N)c2cc3cccc(F)c3nc2n1. The quantitative estimate of drug-likeness (QED) is 0.630. The number of rotatable bonds is 1. The lowest BCUT2D eigenvalue weighted by atomic mass is 10.1. The Bertz CT molecular complexity index is 756. The molecule has 0 fully saturated rings. The maximum Gasteiger partial charge on any atom is 0.165 e. The highest BCUT2D eigenvalue weighted by Crippen LogP contribution is 2.23. The molecule has 2 heterocycles. The molecule has 0 unspecified atom stereocenters. The number of hydrogen-bond donors (Lipinski definition) is 2. The lowest BCUT2D eigenvalue weighted by molar-refractivity contribution is 0.637. The van der Waals surface area contributed by atoms with E-state index in [2.05, 4.69) is 15.0 Å². The van der Waals surface area contributed by atoms with Crippen molar-refractivity contribution < 1.29 is 4.39 Å². The standard InChI is InChI=1S/C12H10FN5/c13-8-3-1-2-6-4-7-11(15)16-9(5-14)17-12(7)18-10(6)8/h1-4H,5,14H2,(H2,15,16,17,18). The summed E-state index contributed by atoms with van der Waals surface area (Å²) >= 11 is 0. The summed E-state index contributed by atoms with van der Waals surface area (Å²) in [6, 6.07) is 6.48. The number of nitrogens with zero attached hydrogens (tertiary/aromatic N) is 3. The maximum atomic E-state index is 13.6. The fourth-order valence-corrected chi connectivity index (χ4v) is 1.86. The van der Waals surface area contributed by atoms with Crippen LogP contribution in [0.4, 0.5) is 10.2 Å². The molecule has 0 aliphatic heterocycles. The van der Waals surface area contributed by atoms with E-state index in [1.54, 1.807) is 18.2 Å². The van der Waals surface area contributed by atoms with Gasteiger partial charge in [-0.15, -0.1) is 0 Å². The van der Waals surface area contributed by atoms with Gasteiger partial charge in [0.25, 0.3) is 0 Å². The zero-order valence-corrected chi connectivity index (χ0v) is 9.39. The van der Waals surface area contributed by atoms with Crippen molar-refractivity contribution in [1.29, 1.82) is 0 Å². The Balaban J connectivity index is 2.45.